The molecule has 0 aliphatic carbocycles. The zero-order chi connectivity index (χ0) is 13.4. The maximum absolute atomic E-state index is 11.3. The van der Waals surface area contributed by atoms with Gasteiger partial charge in [0, 0.05) is 19.5 Å². The van der Waals surface area contributed by atoms with Crippen molar-refractivity contribution in [3.63, 3.8) is 0 Å². The number of amides is 2. The average molecular weight is 244 g/mol. The lowest BCUT2D eigenvalue weighted by molar-refractivity contribution is -0.146. The van der Waals surface area contributed by atoms with Gasteiger partial charge in [-0.05, 0) is 12.8 Å². The van der Waals surface area contributed by atoms with E-state index in [1.54, 1.807) is 0 Å². The molecule has 0 saturated heterocycles. The number of aliphatic carboxylic acids is 1. The summed E-state index contributed by atoms with van der Waals surface area (Å²) >= 11 is 0. The molecule has 0 radical (unpaired) electrons. The molecule has 0 aromatic carbocycles. The highest BCUT2D eigenvalue weighted by Gasteiger charge is 2.19. The molecule has 3 N–H and O–H groups in total. The van der Waals surface area contributed by atoms with Crippen LogP contribution < -0.4 is 10.6 Å². The van der Waals surface area contributed by atoms with Crippen LogP contribution in [0.1, 0.15) is 27.2 Å². The first-order valence-corrected chi connectivity index (χ1v) is 5.61. The van der Waals surface area contributed by atoms with Crippen molar-refractivity contribution >= 4 is 17.8 Å². The highest BCUT2D eigenvalue weighted by molar-refractivity contribution is 5.96. The fraction of sp³-hybridized carbons (Fsp3) is 0.727. The topological polar surface area (TPSA) is 95.5 Å². The van der Waals surface area contributed by atoms with Crippen LogP contribution in [0, 0.1) is 11.8 Å². The summed E-state index contributed by atoms with van der Waals surface area (Å²) in [6.07, 6.45) is 0.158. The molecule has 17 heavy (non-hydrogen) atoms. The number of carbonyl (C=O) groups excluding carboxylic acids is 2. The van der Waals surface area contributed by atoms with Crippen molar-refractivity contribution in [1.29, 1.82) is 0 Å². The SMILES string of the molecule is CC(C)CNC(=O)CCNC(=O)C(C)C(=O)O. The number of carboxylic acid groups (broad SMARTS) is 1. The van der Waals surface area contributed by atoms with Crippen molar-refractivity contribution in [1.82, 2.24) is 10.6 Å². The van der Waals surface area contributed by atoms with E-state index in [2.05, 4.69) is 10.6 Å². The molecule has 6 nitrogen and oxygen atoms in total. The Morgan fingerprint density at radius 2 is 1.71 bits per heavy atom. The van der Waals surface area contributed by atoms with E-state index >= 15 is 0 Å². The number of nitrogens with one attached hydrogen (secondary N) is 2. The molecule has 0 aliphatic rings. The van der Waals surface area contributed by atoms with Crippen LogP contribution in [0.25, 0.3) is 0 Å². The van der Waals surface area contributed by atoms with Crippen molar-refractivity contribution in [2.45, 2.75) is 27.2 Å². The molecular weight excluding hydrogens is 224 g/mol. The second-order valence-corrected chi connectivity index (χ2v) is 4.30. The highest BCUT2D eigenvalue weighted by atomic mass is 16.4. The summed E-state index contributed by atoms with van der Waals surface area (Å²) in [5.41, 5.74) is 0. The summed E-state index contributed by atoms with van der Waals surface area (Å²) in [7, 11) is 0. The second kappa shape index (κ2) is 7.65. The van der Waals surface area contributed by atoms with E-state index in [9.17, 15) is 14.4 Å². The van der Waals surface area contributed by atoms with Gasteiger partial charge in [0.1, 0.15) is 5.92 Å². The van der Waals surface area contributed by atoms with E-state index in [-0.39, 0.29) is 18.9 Å². The predicted octanol–water partition coefficient (Wildman–Crippen LogP) is -0.0144. The summed E-state index contributed by atoms with van der Waals surface area (Å²) < 4.78 is 0. The Balaban J connectivity index is 3.73. The molecule has 1 unspecified atom stereocenters. The zero-order valence-corrected chi connectivity index (χ0v) is 10.4. The fourth-order valence-corrected chi connectivity index (χ4v) is 0.971. The predicted molar refractivity (Wildman–Crippen MR) is 62.3 cm³/mol. The van der Waals surface area contributed by atoms with Crippen LogP contribution in [-0.2, 0) is 14.4 Å². The Bertz CT molecular complexity index is 289. The number of rotatable bonds is 7. The molecule has 0 aromatic heterocycles. The van der Waals surface area contributed by atoms with Gasteiger partial charge in [0.05, 0.1) is 0 Å². The highest BCUT2D eigenvalue weighted by Crippen LogP contribution is 1.94. The molecule has 98 valence electrons. The standard InChI is InChI=1S/C11H20N2O4/c1-7(2)6-13-9(14)4-5-12-10(15)8(3)11(16)17/h7-8H,4-6H2,1-3H3,(H,12,15)(H,13,14)(H,16,17). The van der Waals surface area contributed by atoms with E-state index in [1.165, 1.54) is 6.92 Å². The van der Waals surface area contributed by atoms with Crippen molar-refractivity contribution < 1.29 is 19.5 Å². The van der Waals surface area contributed by atoms with Gasteiger partial charge in [-0.2, -0.15) is 0 Å². The van der Waals surface area contributed by atoms with Gasteiger partial charge in [0.25, 0.3) is 0 Å². The van der Waals surface area contributed by atoms with Gasteiger partial charge in [0.15, 0.2) is 0 Å². The van der Waals surface area contributed by atoms with Crippen LogP contribution in [0.5, 0.6) is 0 Å². The quantitative estimate of drug-likeness (QED) is 0.549. The molecule has 0 saturated carbocycles. The molecule has 0 heterocycles. The lowest BCUT2D eigenvalue weighted by Gasteiger charge is -2.09. The van der Waals surface area contributed by atoms with E-state index in [1.807, 2.05) is 13.8 Å². The van der Waals surface area contributed by atoms with Gasteiger partial charge < -0.3 is 15.7 Å². The minimum Gasteiger partial charge on any atom is -0.481 e. The summed E-state index contributed by atoms with van der Waals surface area (Å²) in [5, 5.41) is 13.7. The number of carbonyl (C=O) groups is 3. The first-order valence-electron chi connectivity index (χ1n) is 5.61. The first kappa shape index (κ1) is 15.4. The normalized spacial score (nSPS) is 12.0. The Labute approximate surface area is 101 Å². The van der Waals surface area contributed by atoms with E-state index in [0.717, 1.165) is 0 Å². The van der Waals surface area contributed by atoms with Crippen LogP contribution in [0.15, 0.2) is 0 Å². The zero-order valence-electron chi connectivity index (χ0n) is 10.4. The first-order chi connectivity index (χ1) is 7.84. The smallest absolute Gasteiger partial charge is 0.315 e. The molecule has 0 aromatic rings. The van der Waals surface area contributed by atoms with Crippen LogP contribution in [-0.4, -0.2) is 36.0 Å². The molecule has 2 amide bonds. The Hall–Kier alpha value is -1.59. The summed E-state index contributed by atoms with van der Waals surface area (Å²) in [6, 6.07) is 0. The lowest BCUT2D eigenvalue weighted by Crippen LogP contribution is -2.36. The molecule has 1 atom stereocenters. The van der Waals surface area contributed by atoms with Crippen LogP contribution in [0.4, 0.5) is 0 Å². The van der Waals surface area contributed by atoms with Gasteiger partial charge in [-0.3, -0.25) is 14.4 Å². The van der Waals surface area contributed by atoms with E-state index in [0.29, 0.717) is 12.5 Å². The van der Waals surface area contributed by atoms with Crippen LogP contribution in [0.3, 0.4) is 0 Å². The van der Waals surface area contributed by atoms with Crippen LogP contribution >= 0.6 is 0 Å². The van der Waals surface area contributed by atoms with Crippen molar-refractivity contribution in [2.75, 3.05) is 13.1 Å². The number of carboxylic acids is 1. The van der Waals surface area contributed by atoms with Crippen molar-refractivity contribution in [3.8, 4) is 0 Å². The van der Waals surface area contributed by atoms with Gasteiger partial charge in [-0.25, -0.2) is 0 Å². The van der Waals surface area contributed by atoms with Gasteiger partial charge >= 0.3 is 5.97 Å². The fourth-order valence-electron chi connectivity index (χ4n) is 0.971. The minimum absolute atomic E-state index is 0.151. The third kappa shape index (κ3) is 7.32. The number of hydrogen-bond donors (Lipinski definition) is 3. The third-order valence-corrected chi connectivity index (χ3v) is 2.12. The molecular formula is C11H20N2O4. The van der Waals surface area contributed by atoms with Crippen LogP contribution in [0.2, 0.25) is 0 Å². The molecule has 0 fully saturated rings. The van der Waals surface area contributed by atoms with Gasteiger partial charge in [-0.1, -0.05) is 13.8 Å². The van der Waals surface area contributed by atoms with Gasteiger partial charge in [-0.15, -0.1) is 0 Å². The number of hydrogen-bond acceptors (Lipinski definition) is 3. The van der Waals surface area contributed by atoms with Crippen molar-refractivity contribution in [2.24, 2.45) is 11.8 Å². The average Bonchev–Trinajstić information content (AvgIpc) is 2.24. The largest absolute Gasteiger partial charge is 0.481 e. The van der Waals surface area contributed by atoms with E-state index in [4.69, 9.17) is 5.11 Å². The summed E-state index contributed by atoms with van der Waals surface area (Å²) in [6.45, 7) is 6.02. The molecule has 0 bridgehead atoms. The third-order valence-electron chi connectivity index (χ3n) is 2.12. The molecule has 0 spiro atoms. The molecule has 0 rings (SSSR count). The Kier molecular flexibility index (Phi) is 6.93. The van der Waals surface area contributed by atoms with Gasteiger partial charge in [0.2, 0.25) is 11.8 Å². The summed E-state index contributed by atoms with van der Waals surface area (Å²) in [4.78, 5) is 32.9. The Morgan fingerprint density at radius 3 is 2.18 bits per heavy atom. The molecule has 6 heteroatoms. The Morgan fingerprint density at radius 1 is 1.12 bits per heavy atom. The second-order valence-electron chi connectivity index (χ2n) is 4.30. The molecule has 0 aliphatic heterocycles. The maximum Gasteiger partial charge on any atom is 0.315 e. The maximum atomic E-state index is 11.3. The monoisotopic (exact) mass is 244 g/mol. The lowest BCUT2D eigenvalue weighted by atomic mass is 10.1. The minimum atomic E-state index is -1.17. The van der Waals surface area contributed by atoms with Crippen molar-refractivity contribution in [3.05, 3.63) is 0 Å². The summed E-state index contributed by atoms with van der Waals surface area (Å²) in [5.74, 6) is -2.61. The van der Waals surface area contributed by atoms with E-state index < -0.39 is 17.8 Å².